The van der Waals surface area contributed by atoms with Crippen LogP contribution in [0.3, 0.4) is 0 Å². The molecule has 6 heteroatoms. The van der Waals surface area contributed by atoms with Gasteiger partial charge in [-0.05, 0) is 31.2 Å². The van der Waals surface area contributed by atoms with Crippen LogP contribution in [0.2, 0.25) is 0 Å². The van der Waals surface area contributed by atoms with E-state index >= 15 is 0 Å². The van der Waals surface area contributed by atoms with Gasteiger partial charge in [0, 0.05) is 0 Å². The highest BCUT2D eigenvalue weighted by atomic mass is 32.1. The second-order valence-corrected chi connectivity index (χ2v) is 7.29. The Labute approximate surface area is 131 Å². The normalized spacial score (nSPS) is 22.2. The molecule has 1 amide bonds. The number of amides is 1. The number of aryl methyl sites for hydroxylation is 1. The van der Waals surface area contributed by atoms with Gasteiger partial charge in [0.15, 0.2) is 0 Å². The van der Waals surface area contributed by atoms with Crippen LogP contribution in [0.15, 0.2) is 17.5 Å². The van der Waals surface area contributed by atoms with Crippen molar-refractivity contribution in [2.75, 3.05) is 0 Å². The number of aliphatic hydroxyl groups excluding tert-OH is 1. The van der Waals surface area contributed by atoms with Gasteiger partial charge in [0.2, 0.25) is 0 Å². The summed E-state index contributed by atoms with van der Waals surface area (Å²) in [5.74, 6) is -0.112. The summed E-state index contributed by atoms with van der Waals surface area (Å²) in [6.07, 6.45) is 3.29. The van der Waals surface area contributed by atoms with Crippen molar-refractivity contribution in [1.29, 1.82) is 0 Å². The average Bonchev–Trinajstić information content (AvgIpc) is 3.10. The second kappa shape index (κ2) is 6.25. The van der Waals surface area contributed by atoms with E-state index in [1.54, 1.807) is 11.3 Å². The number of carbonyl (C=O) groups excluding carboxylic acids is 1. The first-order chi connectivity index (χ1) is 10.1. The lowest BCUT2D eigenvalue weighted by Gasteiger charge is -2.28. The van der Waals surface area contributed by atoms with Gasteiger partial charge in [-0.3, -0.25) is 4.79 Å². The van der Waals surface area contributed by atoms with Crippen LogP contribution in [0.25, 0.3) is 9.88 Å². The Morgan fingerprint density at radius 1 is 1.43 bits per heavy atom. The maximum absolute atomic E-state index is 12.4. The molecule has 2 N–H and O–H groups in total. The number of nitrogens with one attached hydrogen (secondary N) is 1. The first-order valence-electron chi connectivity index (χ1n) is 7.15. The zero-order chi connectivity index (χ0) is 14.8. The monoisotopic (exact) mass is 322 g/mol. The number of thiophene rings is 1. The van der Waals surface area contributed by atoms with Crippen LogP contribution in [0.5, 0.6) is 0 Å². The fourth-order valence-electron chi connectivity index (χ4n) is 2.63. The molecule has 0 spiro atoms. The van der Waals surface area contributed by atoms with E-state index < -0.39 is 6.10 Å². The standard InChI is InChI=1S/C15H18N2O2S2/c1-9-13(21-15(16-9)12-7-4-8-20-12)14(19)17-10-5-2-3-6-11(10)18/h4,7-8,10-11,18H,2-3,5-6H2,1H3,(H,17,19)/t10-,11-/m0/s1. The average molecular weight is 322 g/mol. The molecule has 0 saturated heterocycles. The van der Waals surface area contributed by atoms with E-state index in [0.29, 0.717) is 4.88 Å². The number of aromatic nitrogens is 1. The van der Waals surface area contributed by atoms with E-state index in [1.807, 2.05) is 24.4 Å². The van der Waals surface area contributed by atoms with E-state index in [0.717, 1.165) is 41.3 Å². The fourth-order valence-corrected chi connectivity index (χ4v) is 4.39. The molecular formula is C15H18N2O2S2. The third-order valence-electron chi connectivity index (χ3n) is 3.78. The highest BCUT2D eigenvalue weighted by Gasteiger charge is 2.26. The molecule has 1 aliphatic rings. The first-order valence-corrected chi connectivity index (χ1v) is 8.85. The van der Waals surface area contributed by atoms with E-state index in [4.69, 9.17) is 0 Å². The molecule has 0 unspecified atom stereocenters. The summed E-state index contributed by atoms with van der Waals surface area (Å²) >= 11 is 3.04. The topological polar surface area (TPSA) is 62.2 Å². The minimum absolute atomic E-state index is 0.112. The van der Waals surface area contributed by atoms with Gasteiger partial charge in [-0.1, -0.05) is 18.9 Å². The van der Waals surface area contributed by atoms with Crippen molar-refractivity contribution in [2.24, 2.45) is 0 Å². The molecule has 1 aliphatic carbocycles. The molecule has 2 aromatic rings. The molecule has 2 atom stereocenters. The Kier molecular flexibility index (Phi) is 4.37. The van der Waals surface area contributed by atoms with Gasteiger partial charge >= 0.3 is 0 Å². The Morgan fingerprint density at radius 3 is 2.95 bits per heavy atom. The number of rotatable bonds is 3. The first kappa shape index (κ1) is 14.7. The van der Waals surface area contributed by atoms with E-state index in [9.17, 15) is 9.90 Å². The lowest BCUT2D eigenvalue weighted by molar-refractivity contribution is 0.0719. The minimum atomic E-state index is -0.423. The van der Waals surface area contributed by atoms with Crippen LogP contribution in [-0.4, -0.2) is 28.1 Å². The summed E-state index contributed by atoms with van der Waals surface area (Å²) in [4.78, 5) is 18.6. The Hall–Kier alpha value is -1.24. The smallest absolute Gasteiger partial charge is 0.263 e. The molecule has 0 aliphatic heterocycles. The van der Waals surface area contributed by atoms with Gasteiger partial charge in [0.25, 0.3) is 5.91 Å². The van der Waals surface area contributed by atoms with Gasteiger partial charge in [-0.2, -0.15) is 0 Å². The fraction of sp³-hybridized carbons (Fsp3) is 0.467. The molecule has 1 saturated carbocycles. The van der Waals surface area contributed by atoms with Crippen molar-refractivity contribution in [2.45, 2.75) is 44.8 Å². The van der Waals surface area contributed by atoms with Gasteiger partial charge in [0.1, 0.15) is 9.88 Å². The molecule has 0 bridgehead atoms. The number of hydrogen-bond acceptors (Lipinski definition) is 5. The van der Waals surface area contributed by atoms with Crippen LogP contribution >= 0.6 is 22.7 Å². The van der Waals surface area contributed by atoms with E-state index in [2.05, 4.69) is 10.3 Å². The molecule has 4 nitrogen and oxygen atoms in total. The molecule has 21 heavy (non-hydrogen) atoms. The SMILES string of the molecule is Cc1nc(-c2cccs2)sc1C(=O)N[C@H]1CCCC[C@@H]1O. The molecule has 0 radical (unpaired) electrons. The van der Waals surface area contributed by atoms with Crippen molar-refractivity contribution in [3.8, 4) is 9.88 Å². The highest BCUT2D eigenvalue weighted by molar-refractivity contribution is 7.22. The van der Waals surface area contributed by atoms with Crippen molar-refractivity contribution in [1.82, 2.24) is 10.3 Å². The minimum Gasteiger partial charge on any atom is -0.391 e. The van der Waals surface area contributed by atoms with Gasteiger partial charge in [-0.25, -0.2) is 4.98 Å². The van der Waals surface area contributed by atoms with E-state index in [-0.39, 0.29) is 11.9 Å². The van der Waals surface area contributed by atoms with Crippen molar-refractivity contribution in [3.63, 3.8) is 0 Å². The summed E-state index contributed by atoms with van der Waals surface area (Å²) in [6, 6.07) is 3.86. The van der Waals surface area contributed by atoms with Gasteiger partial charge < -0.3 is 10.4 Å². The Balaban J connectivity index is 1.75. The molecule has 2 heterocycles. The van der Waals surface area contributed by atoms with Crippen LogP contribution in [0.4, 0.5) is 0 Å². The summed E-state index contributed by atoms with van der Waals surface area (Å²) in [6.45, 7) is 1.86. The Bertz CT molecular complexity index is 622. The maximum Gasteiger partial charge on any atom is 0.263 e. The molecule has 112 valence electrons. The summed E-state index contributed by atoms with van der Waals surface area (Å²) in [7, 11) is 0. The zero-order valence-corrected chi connectivity index (χ0v) is 13.5. The van der Waals surface area contributed by atoms with Gasteiger partial charge in [-0.15, -0.1) is 22.7 Å². The quantitative estimate of drug-likeness (QED) is 0.912. The molecule has 3 rings (SSSR count). The molecule has 1 fully saturated rings. The van der Waals surface area contributed by atoms with E-state index in [1.165, 1.54) is 11.3 Å². The van der Waals surface area contributed by atoms with Crippen LogP contribution in [0, 0.1) is 6.92 Å². The molecule has 2 aromatic heterocycles. The Morgan fingerprint density at radius 2 is 2.24 bits per heavy atom. The summed E-state index contributed by atoms with van der Waals surface area (Å²) in [5, 5.41) is 15.8. The van der Waals surface area contributed by atoms with Crippen LogP contribution in [0.1, 0.15) is 41.0 Å². The predicted octanol–water partition coefficient (Wildman–Crippen LogP) is 3.21. The number of nitrogens with zero attached hydrogens (tertiary/aromatic N) is 1. The lowest BCUT2D eigenvalue weighted by Crippen LogP contribution is -2.45. The second-order valence-electron chi connectivity index (χ2n) is 5.34. The lowest BCUT2D eigenvalue weighted by atomic mass is 9.92. The number of carbonyl (C=O) groups is 1. The number of aliphatic hydroxyl groups is 1. The number of thiazole rings is 1. The summed E-state index contributed by atoms with van der Waals surface area (Å²) in [5.41, 5.74) is 0.756. The third kappa shape index (κ3) is 3.17. The molecular weight excluding hydrogens is 304 g/mol. The summed E-state index contributed by atoms with van der Waals surface area (Å²) < 4.78 is 0. The van der Waals surface area contributed by atoms with Crippen molar-refractivity contribution in [3.05, 3.63) is 28.1 Å². The largest absolute Gasteiger partial charge is 0.391 e. The number of hydrogen-bond donors (Lipinski definition) is 2. The third-order valence-corrected chi connectivity index (χ3v) is 5.98. The van der Waals surface area contributed by atoms with Crippen LogP contribution < -0.4 is 5.32 Å². The van der Waals surface area contributed by atoms with Crippen LogP contribution in [-0.2, 0) is 0 Å². The van der Waals surface area contributed by atoms with Gasteiger partial charge in [0.05, 0.1) is 22.7 Å². The highest BCUT2D eigenvalue weighted by Crippen LogP contribution is 2.31. The van der Waals surface area contributed by atoms with Crippen molar-refractivity contribution >= 4 is 28.6 Å². The predicted molar refractivity (Wildman–Crippen MR) is 85.9 cm³/mol. The van der Waals surface area contributed by atoms with Crippen molar-refractivity contribution < 1.29 is 9.90 Å². The zero-order valence-electron chi connectivity index (χ0n) is 11.8. The molecule has 0 aromatic carbocycles. The maximum atomic E-state index is 12.4.